The first-order valence-electron chi connectivity index (χ1n) is 15.9. The Morgan fingerprint density at radius 2 is 0.708 bits per heavy atom. The number of rotatable bonds is 14. The van der Waals surface area contributed by atoms with Gasteiger partial charge in [-0.05, 0) is 56.4 Å². The Morgan fingerprint density at radius 3 is 0.958 bits per heavy atom. The fourth-order valence-electron chi connectivity index (χ4n) is 5.11. The van der Waals surface area contributed by atoms with Gasteiger partial charge < -0.3 is 18.9 Å². The fourth-order valence-corrected chi connectivity index (χ4v) is 5.11. The smallest absolute Gasteiger partial charge is 0.336 e. The van der Waals surface area contributed by atoms with Gasteiger partial charge in [0.25, 0.3) is 5.41 Å². The molecule has 4 aromatic rings. The molecule has 0 radical (unpaired) electrons. The molecule has 4 rings (SSSR count). The van der Waals surface area contributed by atoms with Crippen LogP contribution in [0.4, 0.5) is 0 Å². The maximum Gasteiger partial charge on any atom is 0.336 e. The highest BCUT2D eigenvalue weighted by Crippen LogP contribution is 2.38. The Balaban J connectivity index is 1.72. The summed E-state index contributed by atoms with van der Waals surface area (Å²) in [4.78, 5) is 56.7. The zero-order chi connectivity index (χ0) is 34.7. The highest BCUT2D eigenvalue weighted by Gasteiger charge is 2.65. The third-order valence-electron chi connectivity index (χ3n) is 8.15. The molecule has 4 aromatic carbocycles. The monoisotopic (exact) mass is 650 g/mol. The number of hydrogen-bond acceptors (Lipinski definition) is 8. The van der Waals surface area contributed by atoms with Crippen molar-refractivity contribution in [1.29, 1.82) is 0 Å². The van der Waals surface area contributed by atoms with Crippen molar-refractivity contribution in [3.8, 4) is 0 Å². The van der Waals surface area contributed by atoms with Crippen LogP contribution in [0.1, 0.15) is 57.9 Å². The van der Waals surface area contributed by atoms with Crippen molar-refractivity contribution in [2.75, 3.05) is 0 Å². The van der Waals surface area contributed by atoms with E-state index < -0.39 is 35.2 Å². The van der Waals surface area contributed by atoms with Gasteiger partial charge in [-0.3, -0.25) is 19.2 Å². The highest BCUT2D eigenvalue weighted by atomic mass is 16.6. The van der Waals surface area contributed by atoms with Crippen LogP contribution in [0.2, 0.25) is 0 Å². The standard InChI is InChI=1S/C40H42O8/c1-6-35(36(41)45-23-31-15-7-27(2)8-16-31)40(37(42)46-24-32-17-9-28(3)10-18-32,38(43)47-25-33-19-11-29(4)12-20-33)39(44)48-26-34-21-13-30(5)14-22-34/h7-22,35H,6,23-26H2,1-5H3. The summed E-state index contributed by atoms with van der Waals surface area (Å²) in [5, 5.41) is 0. The first kappa shape index (κ1) is 35.6. The molecule has 0 aliphatic heterocycles. The van der Waals surface area contributed by atoms with Crippen LogP contribution in [-0.4, -0.2) is 23.9 Å². The Labute approximate surface area is 282 Å². The van der Waals surface area contributed by atoms with Crippen LogP contribution < -0.4 is 0 Å². The molecule has 8 heteroatoms. The van der Waals surface area contributed by atoms with Gasteiger partial charge >= 0.3 is 23.9 Å². The number of aryl methyl sites for hydroxylation is 4. The summed E-state index contributed by atoms with van der Waals surface area (Å²) in [6, 6.07) is 29.0. The normalized spacial score (nSPS) is 11.7. The Morgan fingerprint density at radius 1 is 0.458 bits per heavy atom. The second-order valence-corrected chi connectivity index (χ2v) is 12.0. The van der Waals surface area contributed by atoms with E-state index in [1.54, 1.807) is 55.5 Å². The first-order valence-corrected chi connectivity index (χ1v) is 15.9. The molecule has 0 aliphatic rings. The van der Waals surface area contributed by atoms with E-state index in [4.69, 9.17) is 18.9 Å². The molecule has 1 atom stereocenters. The molecule has 0 fully saturated rings. The third kappa shape index (κ3) is 8.97. The molecule has 0 heterocycles. The molecule has 48 heavy (non-hydrogen) atoms. The molecule has 0 saturated heterocycles. The summed E-state index contributed by atoms with van der Waals surface area (Å²) in [7, 11) is 0. The van der Waals surface area contributed by atoms with Crippen molar-refractivity contribution in [2.45, 2.75) is 67.5 Å². The number of benzene rings is 4. The molecule has 1 unspecified atom stereocenters. The lowest BCUT2D eigenvalue weighted by Crippen LogP contribution is -2.56. The lowest BCUT2D eigenvalue weighted by Gasteiger charge is -2.32. The average molecular weight is 651 g/mol. The molecule has 250 valence electrons. The van der Waals surface area contributed by atoms with Gasteiger partial charge in [-0.25, -0.2) is 0 Å². The van der Waals surface area contributed by atoms with Crippen molar-refractivity contribution in [1.82, 2.24) is 0 Å². The summed E-state index contributed by atoms with van der Waals surface area (Å²) >= 11 is 0. The van der Waals surface area contributed by atoms with Gasteiger partial charge in [0, 0.05) is 0 Å². The maximum atomic E-state index is 14.3. The molecule has 0 amide bonds. The van der Waals surface area contributed by atoms with Crippen LogP contribution in [0.15, 0.2) is 97.1 Å². The summed E-state index contributed by atoms with van der Waals surface area (Å²) in [6.07, 6.45) is -0.133. The lowest BCUT2D eigenvalue weighted by molar-refractivity contribution is -0.196. The van der Waals surface area contributed by atoms with E-state index in [1.165, 1.54) is 0 Å². The van der Waals surface area contributed by atoms with Gasteiger partial charge in [-0.1, -0.05) is 126 Å². The van der Waals surface area contributed by atoms with Crippen LogP contribution in [0, 0.1) is 39.0 Å². The van der Waals surface area contributed by atoms with Crippen LogP contribution in [0.3, 0.4) is 0 Å². The molecule has 0 aliphatic carbocycles. The largest absolute Gasteiger partial charge is 0.461 e. The maximum absolute atomic E-state index is 14.3. The van der Waals surface area contributed by atoms with Gasteiger partial charge in [-0.2, -0.15) is 0 Å². The SMILES string of the molecule is CCC(C(=O)OCc1ccc(C)cc1)C(C(=O)OCc1ccc(C)cc1)(C(=O)OCc1ccc(C)cc1)C(=O)OCc1ccc(C)cc1. The van der Waals surface area contributed by atoms with Crippen LogP contribution >= 0.6 is 0 Å². The number of carbonyl (C=O) groups is 4. The van der Waals surface area contributed by atoms with Crippen molar-refractivity contribution < 1.29 is 38.1 Å². The van der Waals surface area contributed by atoms with Crippen LogP contribution in [0.25, 0.3) is 0 Å². The van der Waals surface area contributed by atoms with E-state index in [1.807, 2.05) is 76.2 Å². The molecule has 8 nitrogen and oxygen atoms in total. The molecule has 0 spiro atoms. The second kappa shape index (κ2) is 16.5. The predicted molar refractivity (Wildman–Crippen MR) is 180 cm³/mol. The van der Waals surface area contributed by atoms with Crippen molar-refractivity contribution in [3.05, 3.63) is 142 Å². The minimum Gasteiger partial charge on any atom is -0.461 e. The van der Waals surface area contributed by atoms with Crippen molar-refractivity contribution in [3.63, 3.8) is 0 Å². The molecule has 0 N–H and O–H groups in total. The van der Waals surface area contributed by atoms with E-state index in [0.29, 0.717) is 22.3 Å². The van der Waals surface area contributed by atoms with Crippen molar-refractivity contribution in [2.24, 2.45) is 11.3 Å². The van der Waals surface area contributed by atoms with Gasteiger partial charge in [0.2, 0.25) is 0 Å². The zero-order valence-electron chi connectivity index (χ0n) is 28.1. The quantitative estimate of drug-likeness (QED) is 0.0801. The van der Waals surface area contributed by atoms with Crippen molar-refractivity contribution >= 4 is 23.9 Å². The van der Waals surface area contributed by atoms with E-state index in [9.17, 15) is 19.2 Å². The van der Waals surface area contributed by atoms with Crippen LogP contribution in [0.5, 0.6) is 0 Å². The van der Waals surface area contributed by atoms with E-state index in [0.717, 1.165) is 22.3 Å². The predicted octanol–water partition coefficient (Wildman–Crippen LogP) is 7.21. The summed E-state index contributed by atoms with van der Waals surface area (Å²) in [6.45, 7) is 8.37. The number of hydrogen-bond donors (Lipinski definition) is 0. The van der Waals surface area contributed by atoms with E-state index in [-0.39, 0.29) is 32.8 Å². The van der Waals surface area contributed by atoms with Gasteiger partial charge in [0.05, 0.1) is 5.92 Å². The summed E-state index contributed by atoms with van der Waals surface area (Å²) < 4.78 is 22.7. The summed E-state index contributed by atoms with van der Waals surface area (Å²) in [5.41, 5.74) is 3.78. The van der Waals surface area contributed by atoms with E-state index in [2.05, 4.69) is 0 Å². The lowest BCUT2D eigenvalue weighted by atomic mass is 9.73. The zero-order valence-corrected chi connectivity index (χ0v) is 28.1. The Kier molecular flexibility index (Phi) is 12.3. The molecule has 0 saturated carbocycles. The molecular formula is C40H42O8. The Hall–Kier alpha value is -5.24. The number of esters is 4. The van der Waals surface area contributed by atoms with Gasteiger partial charge in [0.15, 0.2) is 0 Å². The minimum absolute atomic E-state index is 0.133. The highest BCUT2D eigenvalue weighted by molar-refractivity contribution is 6.20. The molecule has 0 bridgehead atoms. The second-order valence-electron chi connectivity index (χ2n) is 12.0. The summed E-state index contributed by atoms with van der Waals surface area (Å²) in [5.74, 6) is -6.34. The number of carbonyl (C=O) groups excluding carboxylic acids is 4. The minimum atomic E-state index is -2.82. The first-order chi connectivity index (χ1) is 23.0. The fraction of sp³-hybridized carbons (Fsp3) is 0.300. The Bertz CT molecular complexity index is 1540. The number of ether oxygens (including phenoxy) is 4. The third-order valence-corrected chi connectivity index (χ3v) is 8.15. The molecule has 0 aromatic heterocycles. The van der Waals surface area contributed by atoms with Gasteiger partial charge in [0.1, 0.15) is 26.4 Å². The average Bonchev–Trinajstić information content (AvgIpc) is 3.09. The topological polar surface area (TPSA) is 105 Å². The van der Waals surface area contributed by atoms with Crippen LogP contribution in [-0.2, 0) is 64.6 Å². The van der Waals surface area contributed by atoms with Gasteiger partial charge in [-0.15, -0.1) is 0 Å². The van der Waals surface area contributed by atoms with E-state index >= 15 is 0 Å². The molecular weight excluding hydrogens is 608 g/mol.